The molecule has 2 heterocycles. The molecule has 3 amide bonds. The van der Waals surface area contributed by atoms with Crippen molar-refractivity contribution >= 4 is 17.7 Å². The van der Waals surface area contributed by atoms with E-state index in [0.717, 1.165) is 6.42 Å². The zero-order chi connectivity index (χ0) is 17.5. The molecule has 0 aliphatic carbocycles. The van der Waals surface area contributed by atoms with E-state index in [4.69, 9.17) is 5.73 Å². The molecule has 1 atom stereocenters. The van der Waals surface area contributed by atoms with Crippen molar-refractivity contribution in [3.05, 3.63) is 35.4 Å². The molecule has 0 saturated carbocycles. The first-order chi connectivity index (χ1) is 11.3. The number of amides is 3. The summed E-state index contributed by atoms with van der Waals surface area (Å²) in [6.45, 7) is 5.47. The van der Waals surface area contributed by atoms with Crippen molar-refractivity contribution in [3.8, 4) is 0 Å². The number of nitrogens with zero attached hydrogens (tertiary/aromatic N) is 2. The highest BCUT2D eigenvalue weighted by molar-refractivity contribution is 6.21. The second kappa shape index (κ2) is 6.02. The summed E-state index contributed by atoms with van der Waals surface area (Å²) >= 11 is 0. The highest BCUT2D eigenvalue weighted by atomic mass is 16.2. The molecule has 1 unspecified atom stereocenters. The van der Waals surface area contributed by atoms with Crippen LogP contribution in [-0.4, -0.2) is 53.2 Å². The number of carbonyl (C=O) groups excluding carboxylic acids is 3. The minimum absolute atomic E-state index is 0.0356. The van der Waals surface area contributed by atoms with Crippen molar-refractivity contribution in [1.29, 1.82) is 0 Å². The molecule has 2 aliphatic rings. The van der Waals surface area contributed by atoms with Crippen molar-refractivity contribution < 1.29 is 14.4 Å². The summed E-state index contributed by atoms with van der Waals surface area (Å²) in [5.41, 5.74) is 6.81. The summed E-state index contributed by atoms with van der Waals surface area (Å²) in [5.74, 6) is -0.666. The maximum absolute atomic E-state index is 12.5. The van der Waals surface area contributed by atoms with E-state index in [1.165, 1.54) is 4.90 Å². The van der Waals surface area contributed by atoms with Crippen LogP contribution in [0.15, 0.2) is 24.3 Å². The number of piperidine rings is 1. The Labute approximate surface area is 141 Å². The first-order valence-corrected chi connectivity index (χ1v) is 8.30. The first-order valence-electron chi connectivity index (χ1n) is 8.30. The molecule has 0 radical (unpaired) electrons. The Balaban J connectivity index is 1.62. The number of rotatable bonds is 3. The largest absolute Gasteiger partial charge is 0.342 e. The number of benzene rings is 1. The molecule has 128 valence electrons. The van der Waals surface area contributed by atoms with Gasteiger partial charge in [-0.15, -0.1) is 0 Å². The predicted octanol–water partition coefficient (Wildman–Crippen LogP) is 1.26. The number of fused-ring (bicyclic) bond motifs is 1. The lowest BCUT2D eigenvalue weighted by Gasteiger charge is -2.42. The molecule has 1 fully saturated rings. The Hall–Kier alpha value is -2.21. The van der Waals surface area contributed by atoms with Gasteiger partial charge in [-0.05, 0) is 24.0 Å². The summed E-state index contributed by atoms with van der Waals surface area (Å²) in [6, 6.07) is 6.84. The Kier molecular flexibility index (Phi) is 4.17. The Morgan fingerprint density at radius 3 is 2.33 bits per heavy atom. The monoisotopic (exact) mass is 329 g/mol. The lowest BCUT2D eigenvalue weighted by molar-refractivity contribution is -0.134. The molecular formula is C18H23N3O3. The quantitative estimate of drug-likeness (QED) is 0.846. The number of hydrogen-bond donors (Lipinski definition) is 1. The van der Waals surface area contributed by atoms with Crippen molar-refractivity contribution in [2.24, 2.45) is 11.1 Å². The summed E-state index contributed by atoms with van der Waals surface area (Å²) < 4.78 is 0. The van der Waals surface area contributed by atoms with Crippen molar-refractivity contribution in [1.82, 2.24) is 9.80 Å². The normalized spacial score (nSPS) is 22.7. The lowest BCUT2D eigenvalue weighted by Crippen LogP contribution is -2.54. The summed E-state index contributed by atoms with van der Waals surface area (Å²) in [4.78, 5) is 40.0. The predicted molar refractivity (Wildman–Crippen MR) is 89.4 cm³/mol. The Morgan fingerprint density at radius 1 is 1.21 bits per heavy atom. The van der Waals surface area contributed by atoms with Gasteiger partial charge < -0.3 is 10.6 Å². The van der Waals surface area contributed by atoms with Crippen molar-refractivity contribution in [2.75, 3.05) is 19.6 Å². The fourth-order valence-electron chi connectivity index (χ4n) is 3.39. The van der Waals surface area contributed by atoms with Gasteiger partial charge in [0.25, 0.3) is 11.8 Å². The molecule has 2 N–H and O–H groups in total. The highest BCUT2D eigenvalue weighted by Gasteiger charge is 2.37. The number of nitrogens with two attached hydrogens (primary N) is 1. The maximum Gasteiger partial charge on any atom is 0.261 e. The van der Waals surface area contributed by atoms with Crippen LogP contribution in [0.5, 0.6) is 0 Å². The summed E-state index contributed by atoms with van der Waals surface area (Å²) in [6.07, 6.45) is 0.919. The molecule has 1 saturated heterocycles. The zero-order valence-electron chi connectivity index (χ0n) is 14.1. The number of imide groups is 1. The van der Waals surface area contributed by atoms with Gasteiger partial charge in [0.1, 0.15) is 0 Å². The van der Waals surface area contributed by atoms with E-state index >= 15 is 0 Å². The van der Waals surface area contributed by atoms with Gasteiger partial charge in [0.05, 0.1) is 11.1 Å². The smallest absolute Gasteiger partial charge is 0.261 e. The van der Waals surface area contributed by atoms with Gasteiger partial charge in [-0.3, -0.25) is 19.3 Å². The molecule has 6 heteroatoms. The van der Waals surface area contributed by atoms with Crippen LogP contribution >= 0.6 is 0 Å². The fraction of sp³-hybridized carbons (Fsp3) is 0.500. The highest BCUT2D eigenvalue weighted by Crippen LogP contribution is 2.28. The molecule has 0 spiro atoms. The molecule has 3 rings (SSSR count). The SMILES string of the molecule is CC1(C)CN(C(=O)CCN2C(=O)c3ccccc3C2=O)CCC1N. The molecule has 1 aromatic carbocycles. The van der Waals surface area contributed by atoms with Crippen molar-refractivity contribution in [2.45, 2.75) is 32.7 Å². The van der Waals surface area contributed by atoms with Gasteiger partial charge in [-0.1, -0.05) is 26.0 Å². The van der Waals surface area contributed by atoms with Gasteiger partial charge in [0.15, 0.2) is 0 Å². The van der Waals surface area contributed by atoms with Gasteiger partial charge in [0.2, 0.25) is 5.91 Å². The third kappa shape index (κ3) is 2.82. The standard InChI is InChI=1S/C18H23N3O3/c1-18(2)11-20(9-7-14(18)19)15(22)8-10-21-16(23)12-5-3-4-6-13(12)17(21)24/h3-6,14H,7-11,19H2,1-2H3. The van der Waals surface area contributed by atoms with Crippen LogP contribution in [0.4, 0.5) is 0 Å². The van der Waals surface area contributed by atoms with Gasteiger partial charge in [-0.2, -0.15) is 0 Å². The van der Waals surface area contributed by atoms with E-state index in [0.29, 0.717) is 24.2 Å². The summed E-state index contributed by atoms with van der Waals surface area (Å²) in [7, 11) is 0. The number of likely N-dealkylation sites (tertiary alicyclic amines) is 1. The van der Waals surface area contributed by atoms with E-state index in [2.05, 4.69) is 13.8 Å². The molecule has 2 aliphatic heterocycles. The maximum atomic E-state index is 12.5. The average molecular weight is 329 g/mol. The van der Waals surface area contributed by atoms with E-state index in [9.17, 15) is 14.4 Å². The fourth-order valence-corrected chi connectivity index (χ4v) is 3.39. The minimum Gasteiger partial charge on any atom is -0.342 e. The second-order valence-electron chi connectivity index (χ2n) is 7.26. The van der Waals surface area contributed by atoms with E-state index in [1.807, 2.05) is 0 Å². The Bertz CT molecular complexity index is 664. The van der Waals surface area contributed by atoms with E-state index in [-0.39, 0.29) is 42.1 Å². The van der Waals surface area contributed by atoms with Crippen LogP contribution in [0.3, 0.4) is 0 Å². The molecular weight excluding hydrogens is 306 g/mol. The minimum atomic E-state index is -0.315. The first kappa shape index (κ1) is 16.6. The lowest BCUT2D eigenvalue weighted by atomic mass is 9.79. The second-order valence-corrected chi connectivity index (χ2v) is 7.26. The van der Waals surface area contributed by atoms with Crippen LogP contribution in [0.2, 0.25) is 0 Å². The number of carbonyl (C=O) groups is 3. The van der Waals surface area contributed by atoms with Gasteiger partial charge >= 0.3 is 0 Å². The van der Waals surface area contributed by atoms with Crippen molar-refractivity contribution in [3.63, 3.8) is 0 Å². The number of hydrogen-bond acceptors (Lipinski definition) is 4. The van der Waals surface area contributed by atoms with E-state index in [1.54, 1.807) is 29.2 Å². The van der Waals surface area contributed by atoms with Crippen LogP contribution in [0.25, 0.3) is 0 Å². The third-order valence-corrected chi connectivity index (χ3v) is 5.09. The molecule has 0 aromatic heterocycles. The topological polar surface area (TPSA) is 83.7 Å². The summed E-state index contributed by atoms with van der Waals surface area (Å²) in [5, 5.41) is 0. The van der Waals surface area contributed by atoms with Crippen LogP contribution < -0.4 is 5.73 Å². The van der Waals surface area contributed by atoms with E-state index < -0.39 is 0 Å². The van der Waals surface area contributed by atoms with Gasteiger partial charge in [-0.25, -0.2) is 0 Å². The molecule has 24 heavy (non-hydrogen) atoms. The van der Waals surface area contributed by atoms with Gasteiger partial charge in [0, 0.05) is 32.1 Å². The van der Waals surface area contributed by atoms with Crippen LogP contribution in [0, 0.1) is 5.41 Å². The van der Waals surface area contributed by atoms with Crippen LogP contribution in [0.1, 0.15) is 47.4 Å². The molecule has 0 bridgehead atoms. The van der Waals surface area contributed by atoms with Crippen LogP contribution in [-0.2, 0) is 4.79 Å². The zero-order valence-corrected chi connectivity index (χ0v) is 14.1. The Morgan fingerprint density at radius 2 is 1.79 bits per heavy atom. The molecule has 1 aromatic rings. The average Bonchev–Trinajstić information content (AvgIpc) is 2.79. The molecule has 6 nitrogen and oxygen atoms in total. The third-order valence-electron chi connectivity index (χ3n) is 5.09.